The summed E-state index contributed by atoms with van der Waals surface area (Å²) in [5.41, 5.74) is 1.37. The third-order valence-electron chi connectivity index (χ3n) is 3.13. The maximum absolute atomic E-state index is 5.44. The molecule has 0 bridgehead atoms. The monoisotopic (exact) mass is 221 g/mol. The molecule has 1 N–H and O–H groups in total. The summed E-state index contributed by atoms with van der Waals surface area (Å²) < 4.78 is 5.44. The summed E-state index contributed by atoms with van der Waals surface area (Å²) in [5, 5.41) is 3.36. The van der Waals surface area contributed by atoms with Gasteiger partial charge in [0, 0.05) is 6.04 Å². The molecule has 0 aliphatic heterocycles. The van der Waals surface area contributed by atoms with E-state index in [1.54, 1.807) is 0 Å². The summed E-state index contributed by atoms with van der Waals surface area (Å²) in [7, 11) is 2.03. The molecule has 0 aliphatic carbocycles. The van der Waals surface area contributed by atoms with Crippen molar-refractivity contribution in [2.45, 2.75) is 39.2 Å². The van der Waals surface area contributed by atoms with Gasteiger partial charge in [-0.25, -0.2) is 0 Å². The van der Waals surface area contributed by atoms with Gasteiger partial charge in [-0.05, 0) is 44.0 Å². The average molecular weight is 221 g/mol. The lowest BCUT2D eigenvalue weighted by atomic mass is 9.92. The Morgan fingerprint density at radius 1 is 1.19 bits per heavy atom. The maximum atomic E-state index is 5.44. The first-order valence-electron chi connectivity index (χ1n) is 6.12. The minimum Gasteiger partial charge on any atom is -0.494 e. The number of ether oxygens (including phenoxy) is 1. The number of likely N-dealkylation sites (N-methyl/N-ethyl adjacent to an activating group) is 1. The van der Waals surface area contributed by atoms with E-state index in [0.717, 1.165) is 18.8 Å². The summed E-state index contributed by atoms with van der Waals surface area (Å²) in [5.74, 6) is 1.49. The van der Waals surface area contributed by atoms with Crippen molar-refractivity contribution in [2.75, 3.05) is 13.7 Å². The second-order valence-corrected chi connectivity index (χ2v) is 4.09. The fraction of sp³-hybridized carbons (Fsp3) is 0.571. The Morgan fingerprint density at radius 3 is 2.25 bits per heavy atom. The van der Waals surface area contributed by atoms with Crippen molar-refractivity contribution in [3.05, 3.63) is 29.8 Å². The van der Waals surface area contributed by atoms with Gasteiger partial charge in [-0.2, -0.15) is 0 Å². The van der Waals surface area contributed by atoms with Gasteiger partial charge in [0.05, 0.1) is 6.61 Å². The highest BCUT2D eigenvalue weighted by atomic mass is 16.5. The second-order valence-electron chi connectivity index (χ2n) is 4.09. The molecule has 0 amide bonds. The van der Waals surface area contributed by atoms with Crippen molar-refractivity contribution in [1.29, 1.82) is 0 Å². The molecule has 0 radical (unpaired) electrons. The Kier molecular flexibility index (Phi) is 5.33. The van der Waals surface area contributed by atoms with Crippen molar-refractivity contribution in [2.24, 2.45) is 0 Å². The first kappa shape index (κ1) is 13.0. The van der Waals surface area contributed by atoms with E-state index in [4.69, 9.17) is 4.74 Å². The molecule has 2 nitrogen and oxygen atoms in total. The largest absolute Gasteiger partial charge is 0.494 e. The maximum Gasteiger partial charge on any atom is 0.119 e. The van der Waals surface area contributed by atoms with Gasteiger partial charge in [0.1, 0.15) is 5.75 Å². The van der Waals surface area contributed by atoms with Crippen molar-refractivity contribution < 1.29 is 4.74 Å². The van der Waals surface area contributed by atoms with Crippen LogP contribution >= 0.6 is 0 Å². The molecule has 2 atom stereocenters. The molecule has 1 aromatic rings. The third kappa shape index (κ3) is 3.24. The Bertz CT molecular complexity index is 290. The van der Waals surface area contributed by atoms with E-state index in [1.165, 1.54) is 5.56 Å². The lowest BCUT2D eigenvalue weighted by molar-refractivity contribution is 0.340. The molecular weight excluding hydrogens is 198 g/mol. The highest BCUT2D eigenvalue weighted by Crippen LogP contribution is 2.23. The van der Waals surface area contributed by atoms with Crippen LogP contribution < -0.4 is 10.1 Å². The molecule has 0 saturated heterocycles. The van der Waals surface area contributed by atoms with E-state index < -0.39 is 0 Å². The van der Waals surface area contributed by atoms with E-state index in [1.807, 2.05) is 14.0 Å². The third-order valence-corrected chi connectivity index (χ3v) is 3.13. The molecule has 0 saturated carbocycles. The number of hydrogen-bond acceptors (Lipinski definition) is 2. The smallest absolute Gasteiger partial charge is 0.119 e. The van der Waals surface area contributed by atoms with Crippen LogP contribution in [-0.4, -0.2) is 19.7 Å². The van der Waals surface area contributed by atoms with Gasteiger partial charge in [0.25, 0.3) is 0 Å². The molecule has 1 rings (SSSR count). The van der Waals surface area contributed by atoms with Gasteiger partial charge in [-0.1, -0.05) is 26.0 Å². The quantitative estimate of drug-likeness (QED) is 0.796. The van der Waals surface area contributed by atoms with Gasteiger partial charge in [0.2, 0.25) is 0 Å². The van der Waals surface area contributed by atoms with Crippen LogP contribution in [0.15, 0.2) is 24.3 Å². The molecule has 0 spiro atoms. The Morgan fingerprint density at radius 2 is 1.81 bits per heavy atom. The zero-order chi connectivity index (χ0) is 12.0. The van der Waals surface area contributed by atoms with Crippen molar-refractivity contribution in [3.63, 3.8) is 0 Å². The van der Waals surface area contributed by atoms with E-state index in [9.17, 15) is 0 Å². The standard InChI is InChI=1S/C14H23NO/c1-5-14(15-4)11(3)12-7-9-13(10-8-12)16-6-2/h7-11,14-15H,5-6H2,1-4H3. The van der Waals surface area contributed by atoms with Crippen molar-refractivity contribution in [1.82, 2.24) is 5.32 Å². The SMILES string of the molecule is CCOc1ccc(C(C)C(CC)NC)cc1. The number of rotatable bonds is 6. The fourth-order valence-corrected chi connectivity index (χ4v) is 2.07. The van der Waals surface area contributed by atoms with Crippen molar-refractivity contribution in [3.8, 4) is 5.75 Å². The first-order chi connectivity index (χ1) is 7.72. The molecule has 2 unspecified atom stereocenters. The van der Waals surface area contributed by atoms with Crippen LogP contribution in [0.5, 0.6) is 5.75 Å². The normalized spacial score (nSPS) is 14.5. The van der Waals surface area contributed by atoms with Gasteiger partial charge in [-0.15, -0.1) is 0 Å². The van der Waals surface area contributed by atoms with E-state index in [-0.39, 0.29) is 0 Å². The minimum absolute atomic E-state index is 0.533. The Balaban J connectivity index is 2.72. The van der Waals surface area contributed by atoms with Crippen LogP contribution in [0.2, 0.25) is 0 Å². The molecule has 0 aliphatic rings. The van der Waals surface area contributed by atoms with Crippen LogP contribution in [0.3, 0.4) is 0 Å². The van der Waals surface area contributed by atoms with Gasteiger partial charge in [0.15, 0.2) is 0 Å². The predicted octanol–water partition coefficient (Wildman–Crippen LogP) is 3.19. The zero-order valence-corrected chi connectivity index (χ0v) is 10.8. The number of benzene rings is 1. The lowest BCUT2D eigenvalue weighted by Gasteiger charge is -2.22. The summed E-state index contributed by atoms with van der Waals surface area (Å²) in [6.07, 6.45) is 1.14. The van der Waals surface area contributed by atoms with Crippen LogP contribution in [0.1, 0.15) is 38.7 Å². The van der Waals surface area contributed by atoms with Crippen LogP contribution in [-0.2, 0) is 0 Å². The predicted molar refractivity (Wildman–Crippen MR) is 69.2 cm³/mol. The van der Waals surface area contributed by atoms with Gasteiger partial charge < -0.3 is 10.1 Å². The lowest BCUT2D eigenvalue weighted by Crippen LogP contribution is -2.29. The molecule has 0 fully saturated rings. The second kappa shape index (κ2) is 6.54. The highest BCUT2D eigenvalue weighted by Gasteiger charge is 2.14. The molecule has 1 aromatic carbocycles. The first-order valence-corrected chi connectivity index (χ1v) is 6.12. The summed E-state index contributed by atoms with van der Waals surface area (Å²) in [6.45, 7) is 7.21. The molecular formula is C14H23NO. The summed E-state index contributed by atoms with van der Waals surface area (Å²) in [6, 6.07) is 8.97. The van der Waals surface area contributed by atoms with Gasteiger partial charge in [-0.3, -0.25) is 0 Å². The Hall–Kier alpha value is -1.02. The molecule has 16 heavy (non-hydrogen) atoms. The zero-order valence-electron chi connectivity index (χ0n) is 10.8. The molecule has 0 aromatic heterocycles. The van der Waals surface area contributed by atoms with E-state index >= 15 is 0 Å². The summed E-state index contributed by atoms with van der Waals surface area (Å²) in [4.78, 5) is 0. The van der Waals surface area contributed by atoms with Crippen LogP contribution in [0.25, 0.3) is 0 Å². The Labute approximate surface area is 99.0 Å². The van der Waals surface area contributed by atoms with Crippen LogP contribution in [0, 0.1) is 0 Å². The molecule has 90 valence electrons. The molecule has 0 heterocycles. The van der Waals surface area contributed by atoms with Gasteiger partial charge >= 0.3 is 0 Å². The molecule has 2 heteroatoms. The number of hydrogen-bond donors (Lipinski definition) is 1. The van der Waals surface area contributed by atoms with Crippen LogP contribution in [0.4, 0.5) is 0 Å². The summed E-state index contributed by atoms with van der Waals surface area (Å²) >= 11 is 0. The van der Waals surface area contributed by atoms with E-state index in [2.05, 4.69) is 43.4 Å². The van der Waals surface area contributed by atoms with E-state index in [0.29, 0.717) is 12.0 Å². The van der Waals surface area contributed by atoms with Crippen molar-refractivity contribution >= 4 is 0 Å². The highest BCUT2D eigenvalue weighted by molar-refractivity contribution is 5.29. The topological polar surface area (TPSA) is 21.3 Å². The number of nitrogens with one attached hydrogen (secondary N) is 1. The fourth-order valence-electron chi connectivity index (χ4n) is 2.07. The minimum atomic E-state index is 0.533. The average Bonchev–Trinajstić information content (AvgIpc) is 2.32.